The zero-order chi connectivity index (χ0) is 21.8. The molecule has 1 fully saturated rings. The number of nitrogens with zero attached hydrogens (tertiary/aromatic N) is 4. The van der Waals surface area contributed by atoms with E-state index in [2.05, 4.69) is 10.1 Å². The van der Waals surface area contributed by atoms with E-state index >= 15 is 0 Å². The summed E-state index contributed by atoms with van der Waals surface area (Å²) in [7, 11) is 1.32. The van der Waals surface area contributed by atoms with Crippen LogP contribution in [0.5, 0.6) is 0 Å². The van der Waals surface area contributed by atoms with Gasteiger partial charge < -0.3 is 9.57 Å². The number of rotatable bonds is 3. The number of fused-ring (bicyclic) bond motifs is 2. The summed E-state index contributed by atoms with van der Waals surface area (Å²) in [5.41, 5.74) is -0.150. The first-order valence-corrected chi connectivity index (χ1v) is 11.3. The smallest absolute Gasteiger partial charge is 0.353 e. The Morgan fingerprint density at radius 3 is 2.90 bits per heavy atom. The molecule has 0 saturated heterocycles. The van der Waals surface area contributed by atoms with Gasteiger partial charge in [0.2, 0.25) is 10.4 Å². The molecule has 0 N–H and O–H groups in total. The van der Waals surface area contributed by atoms with Crippen LogP contribution in [0.15, 0.2) is 27.1 Å². The molecule has 1 aromatic heterocycles. The molecule has 0 bridgehead atoms. The molecule has 1 saturated carbocycles. The van der Waals surface area contributed by atoms with Crippen molar-refractivity contribution in [3.05, 3.63) is 43.0 Å². The van der Waals surface area contributed by atoms with E-state index in [-0.39, 0.29) is 21.5 Å². The van der Waals surface area contributed by atoms with Gasteiger partial charge in [0.25, 0.3) is 0 Å². The summed E-state index contributed by atoms with van der Waals surface area (Å²) in [5, 5.41) is 4.31. The van der Waals surface area contributed by atoms with Crippen LogP contribution in [0.1, 0.15) is 37.7 Å². The lowest BCUT2D eigenvalue weighted by Crippen LogP contribution is -2.43. The number of hydrogen-bond donors (Lipinski definition) is 0. The topological polar surface area (TPSA) is 87.2 Å². The molecule has 0 spiro atoms. The van der Waals surface area contributed by atoms with E-state index in [1.807, 2.05) is 0 Å². The van der Waals surface area contributed by atoms with Crippen molar-refractivity contribution in [3.63, 3.8) is 0 Å². The summed E-state index contributed by atoms with van der Waals surface area (Å²) in [4.78, 5) is 35.0. The zero-order valence-electron chi connectivity index (χ0n) is 16.8. The molecule has 3 heterocycles. The predicted molar refractivity (Wildman–Crippen MR) is 112 cm³/mol. The monoisotopic (exact) mass is 466 g/mol. The molecule has 2 unspecified atom stereocenters. The normalized spacial score (nSPS) is 25.1. The number of hydrogen-bond acceptors (Lipinski definition) is 7. The number of ether oxygens (including phenoxy) is 1. The van der Waals surface area contributed by atoms with Crippen LogP contribution in [0.2, 0.25) is 5.02 Å². The number of esters is 1. The van der Waals surface area contributed by atoms with Crippen LogP contribution in [-0.4, -0.2) is 33.8 Å². The van der Waals surface area contributed by atoms with E-state index in [0.29, 0.717) is 42.0 Å². The molecule has 1 aromatic carbocycles. The first kappa shape index (κ1) is 20.4. The molecule has 2 atom stereocenters. The summed E-state index contributed by atoms with van der Waals surface area (Å²) in [6.07, 6.45) is 3.81. The molecule has 31 heavy (non-hydrogen) atoms. The number of benzene rings is 1. The average Bonchev–Trinajstić information content (AvgIpc) is 3.43. The minimum atomic E-state index is -1.16. The van der Waals surface area contributed by atoms with Crippen LogP contribution in [0.25, 0.3) is 0 Å². The van der Waals surface area contributed by atoms with Crippen LogP contribution in [0, 0.1) is 11.7 Å². The average molecular weight is 467 g/mol. The zero-order valence-corrected chi connectivity index (χ0v) is 18.3. The Labute approximate surface area is 185 Å². The fraction of sp³-hybridized carbons (Fsp3) is 0.500. The van der Waals surface area contributed by atoms with Gasteiger partial charge in [0, 0.05) is 25.1 Å². The van der Waals surface area contributed by atoms with Crippen molar-refractivity contribution in [2.24, 2.45) is 16.1 Å². The number of carbonyl (C=O) groups is 1. The summed E-state index contributed by atoms with van der Waals surface area (Å²) >= 11 is 7.35. The van der Waals surface area contributed by atoms with E-state index in [4.69, 9.17) is 21.2 Å². The largest absolute Gasteiger partial charge is 0.466 e. The third-order valence-electron chi connectivity index (χ3n) is 6.19. The van der Waals surface area contributed by atoms with E-state index in [1.54, 1.807) is 9.36 Å². The Morgan fingerprint density at radius 2 is 2.13 bits per heavy atom. The highest BCUT2D eigenvalue weighted by Gasteiger charge is 2.59. The van der Waals surface area contributed by atoms with Crippen LogP contribution >= 0.6 is 22.9 Å². The van der Waals surface area contributed by atoms with Gasteiger partial charge in [0.15, 0.2) is 0 Å². The van der Waals surface area contributed by atoms with Gasteiger partial charge >= 0.3 is 10.8 Å². The lowest BCUT2D eigenvalue weighted by Gasteiger charge is -2.23. The number of halogens is 2. The molecule has 8 nitrogen and oxygen atoms in total. The molecule has 2 aromatic rings. The molecule has 0 radical (unpaired) electrons. The van der Waals surface area contributed by atoms with Crippen LogP contribution < -0.4 is 9.67 Å². The van der Waals surface area contributed by atoms with Crippen molar-refractivity contribution in [1.29, 1.82) is 0 Å². The van der Waals surface area contributed by atoms with Gasteiger partial charge in [-0.25, -0.2) is 18.9 Å². The minimum absolute atomic E-state index is 0.0541. The van der Waals surface area contributed by atoms with Crippen LogP contribution in [0.4, 0.5) is 10.1 Å². The van der Waals surface area contributed by atoms with Crippen molar-refractivity contribution in [1.82, 2.24) is 9.36 Å². The maximum Gasteiger partial charge on any atom is 0.353 e. The number of oxime groups is 1. The Kier molecular flexibility index (Phi) is 5.01. The summed E-state index contributed by atoms with van der Waals surface area (Å²) in [5.74, 6) is -1.41. The van der Waals surface area contributed by atoms with Crippen LogP contribution in [-0.2, 0) is 27.5 Å². The molecule has 164 valence electrons. The fourth-order valence-corrected chi connectivity index (χ4v) is 5.81. The number of carbonyl (C=O) groups excluding carboxylic acids is 1. The fourth-order valence-electron chi connectivity index (χ4n) is 4.67. The molecule has 5 rings (SSSR count). The quantitative estimate of drug-likeness (QED) is 0.651. The Bertz CT molecular complexity index is 1230. The van der Waals surface area contributed by atoms with Gasteiger partial charge in [-0.05, 0) is 49.2 Å². The SMILES string of the molecule is COC(=O)C12CCCC1C(c1cc(/N=c3\sc(=O)n4n3CCCC4)c(F)cc1Cl)=NO2. The minimum Gasteiger partial charge on any atom is -0.466 e. The third kappa shape index (κ3) is 3.15. The van der Waals surface area contributed by atoms with Gasteiger partial charge in [0.05, 0.1) is 23.8 Å². The third-order valence-corrected chi connectivity index (χ3v) is 7.37. The standard InChI is InChI=1S/C20H20ClFN4O4S/c1-29-17(27)20-6-4-5-12(20)16(24-30-20)11-9-15(14(22)10-13(11)21)23-18-25-7-2-3-8-26(25)19(28)31-18/h9-10,12H,2-8H2,1H3/b23-18-. The maximum atomic E-state index is 14.8. The molecular weight excluding hydrogens is 447 g/mol. The van der Waals surface area contributed by atoms with E-state index in [1.165, 1.54) is 19.2 Å². The Morgan fingerprint density at radius 1 is 1.35 bits per heavy atom. The summed E-state index contributed by atoms with van der Waals surface area (Å²) < 4.78 is 23.1. The molecule has 2 aliphatic heterocycles. The van der Waals surface area contributed by atoms with E-state index < -0.39 is 17.4 Å². The van der Waals surface area contributed by atoms with Gasteiger partial charge in [-0.1, -0.05) is 16.8 Å². The van der Waals surface area contributed by atoms with Crippen molar-refractivity contribution < 1.29 is 18.8 Å². The molecule has 3 aliphatic rings. The Balaban J connectivity index is 1.59. The molecule has 0 amide bonds. The van der Waals surface area contributed by atoms with Gasteiger partial charge in [0.1, 0.15) is 11.5 Å². The second-order valence-corrected chi connectivity index (χ2v) is 9.22. The highest BCUT2D eigenvalue weighted by Crippen LogP contribution is 2.47. The van der Waals surface area contributed by atoms with Gasteiger partial charge in [-0.15, -0.1) is 0 Å². The lowest BCUT2D eigenvalue weighted by atomic mass is 9.84. The highest BCUT2D eigenvalue weighted by molar-refractivity contribution is 7.06. The van der Waals surface area contributed by atoms with Crippen molar-refractivity contribution in [2.45, 2.75) is 50.8 Å². The first-order valence-electron chi connectivity index (χ1n) is 10.1. The Hall–Kier alpha value is -2.46. The number of aromatic nitrogens is 2. The lowest BCUT2D eigenvalue weighted by molar-refractivity contribution is -0.168. The number of methoxy groups -OCH3 is 1. The van der Waals surface area contributed by atoms with E-state index in [0.717, 1.165) is 30.6 Å². The van der Waals surface area contributed by atoms with Crippen molar-refractivity contribution in [3.8, 4) is 0 Å². The molecule has 11 heteroatoms. The second kappa shape index (κ2) is 7.59. The van der Waals surface area contributed by atoms with Crippen molar-refractivity contribution >= 4 is 40.3 Å². The van der Waals surface area contributed by atoms with E-state index in [9.17, 15) is 14.0 Å². The summed E-state index contributed by atoms with van der Waals surface area (Å²) in [6, 6.07) is 2.69. The van der Waals surface area contributed by atoms with Crippen LogP contribution in [0.3, 0.4) is 0 Å². The van der Waals surface area contributed by atoms with Gasteiger partial charge in [-0.2, -0.15) is 0 Å². The molecular formula is C20H20ClFN4O4S. The first-order chi connectivity index (χ1) is 14.9. The predicted octanol–water partition coefficient (Wildman–Crippen LogP) is 2.98. The van der Waals surface area contributed by atoms with Crippen molar-refractivity contribution in [2.75, 3.05) is 7.11 Å². The molecule has 1 aliphatic carbocycles. The maximum absolute atomic E-state index is 14.8. The highest BCUT2D eigenvalue weighted by atomic mass is 35.5. The van der Waals surface area contributed by atoms with Gasteiger partial charge in [-0.3, -0.25) is 9.48 Å². The second-order valence-electron chi connectivity index (χ2n) is 7.89. The summed E-state index contributed by atoms with van der Waals surface area (Å²) in [6.45, 7) is 1.29.